The van der Waals surface area contributed by atoms with E-state index in [1.54, 1.807) is 11.3 Å². The summed E-state index contributed by atoms with van der Waals surface area (Å²) >= 11 is 1.66. The highest BCUT2D eigenvalue weighted by atomic mass is 32.1. The first-order valence-electron chi connectivity index (χ1n) is 7.71. The molecule has 118 valence electrons. The molecular formula is C15H25N3O2S. The van der Waals surface area contributed by atoms with Crippen molar-refractivity contribution in [1.82, 2.24) is 15.6 Å². The summed E-state index contributed by atoms with van der Waals surface area (Å²) in [7, 11) is 0. The van der Waals surface area contributed by atoms with Crippen molar-refractivity contribution in [2.45, 2.75) is 58.6 Å². The molecule has 0 saturated carbocycles. The molecule has 2 rings (SSSR count). The molecule has 1 saturated heterocycles. The van der Waals surface area contributed by atoms with Crippen molar-refractivity contribution in [2.75, 3.05) is 13.2 Å². The summed E-state index contributed by atoms with van der Waals surface area (Å²) in [6.07, 6.45) is 6.01. The molecule has 0 aromatic carbocycles. The number of nitrogens with one attached hydrogen (secondary N) is 2. The number of rotatable bonds is 6. The number of urea groups is 1. The normalized spacial score (nSPS) is 18.5. The van der Waals surface area contributed by atoms with Crippen molar-refractivity contribution in [3.63, 3.8) is 0 Å². The number of nitrogens with zero attached hydrogens (tertiary/aromatic N) is 1. The smallest absolute Gasteiger partial charge is 0.315 e. The molecular weight excluding hydrogens is 286 g/mol. The second-order valence-electron chi connectivity index (χ2n) is 5.48. The lowest BCUT2D eigenvalue weighted by atomic mass is 10.0. The van der Waals surface area contributed by atoms with E-state index in [9.17, 15) is 4.79 Å². The van der Waals surface area contributed by atoms with Crippen LogP contribution in [0.2, 0.25) is 0 Å². The minimum absolute atomic E-state index is 0.121. The zero-order chi connectivity index (χ0) is 15.1. The fourth-order valence-corrected chi connectivity index (χ4v) is 3.36. The summed E-state index contributed by atoms with van der Waals surface area (Å²) in [4.78, 5) is 17.3. The van der Waals surface area contributed by atoms with Gasteiger partial charge in [-0.2, -0.15) is 0 Å². The fraction of sp³-hybridized carbons (Fsp3) is 0.733. The highest BCUT2D eigenvalue weighted by molar-refractivity contribution is 7.11. The molecule has 2 heterocycles. The van der Waals surface area contributed by atoms with Gasteiger partial charge in [-0.25, -0.2) is 9.78 Å². The molecule has 2 amide bonds. The summed E-state index contributed by atoms with van der Waals surface area (Å²) in [5.74, 6) is 0. The van der Waals surface area contributed by atoms with Crippen molar-refractivity contribution < 1.29 is 9.53 Å². The molecule has 0 spiro atoms. The third-order valence-electron chi connectivity index (χ3n) is 3.68. The summed E-state index contributed by atoms with van der Waals surface area (Å²) in [6, 6.07) is -0.121. The van der Waals surface area contributed by atoms with Crippen LogP contribution in [-0.2, 0) is 11.3 Å². The molecule has 0 radical (unpaired) electrons. The summed E-state index contributed by atoms with van der Waals surface area (Å²) < 4.78 is 5.67. The molecule has 1 aromatic rings. The molecule has 0 aliphatic carbocycles. The van der Waals surface area contributed by atoms with Crippen LogP contribution < -0.4 is 10.6 Å². The Hall–Kier alpha value is -1.14. The van der Waals surface area contributed by atoms with Crippen LogP contribution in [-0.4, -0.2) is 30.3 Å². The molecule has 6 heteroatoms. The van der Waals surface area contributed by atoms with E-state index in [1.807, 2.05) is 13.8 Å². The van der Waals surface area contributed by atoms with Gasteiger partial charge in [0, 0.05) is 18.0 Å². The van der Waals surface area contributed by atoms with E-state index >= 15 is 0 Å². The first kappa shape index (κ1) is 16.2. The third-order valence-corrected chi connectivity index (χ3v) is 4.61. The second kappa shape index (κ2) is 8.34. The number of aromatic nitrogens is 1. The monoisotopic (exact) mass is 311 g/mol. The summed E-state index contributed by atoms with van der Waals surface area (Å²) in [5, 5.41) is 6.78. The van der Waals surface area contributed by atoms with Gasteiger partial charge in [-0.3, -0.25) is 0 Å². The predicted octanol–water partition coefficient (Wildman–Crippen LogP) is 2.91. The lowest BCUT2D eigenvalue weighted by molar-refractivity contribution is 0.0103. The van der Waals surface area contributed by atoms with Crippen LogP contribution in [0.1, 0.15) is 47.7 Å². The minimum atomic E-state index is -0.121. The highest BCUT2D eigenvalue weighted by Crippen LogP contribution is 2.17. The Bertz CT molecular complexity index is 456. The molecule has 2 N–H and O–H groups in total. The van der Waals surface area contributed by atoms with Gasteiger partial charge in [-0.1, -0.05) is 0 Å². The molecule has 21 heavy (non-hydrogen) atoms. The Kier molecular flexibility index (Phi) is 6.45. The Balaban J connectivity index is 1.56. The highest BCUT2D eigenvalue weighted by Gasteiger charge is 2.13. The van der Waals surface area contributed by atoms with E-state index in [4.69, 9.17) is 4.74 Å². The zero-order valence-corrected chi connectivity index (χ0v) is 13.7. The second-order valence-corrected chi connectivity index (χ2v) is 6.88. The maximum absolute atomic E-state index is 11.7. The van der Waals surface area contributed by atoms with E-state index in [1.165, 1.54) is 17.7 Å². The molecule has 0 bridgehead atoms. The third kappa shape index (κ3) is 5.63. The first-order chi connectivity index (χ1) is 10.1. The minimum Gasteiger partial charge on any atom is -0.378 e. The number of carbonyl (C=O) groups is 1. The van der Waals surface area contributed by atoms with Crippen LogP contribution in [0, 0.1) is 13.8 Å². The summed E-state index contributed by atoms with van der Waals surface area (Å²) in [6.45, 7) is 6.10. The number of hydrogen-bond donors (Lipinski definition) is 2. The molecule has 1 unspecified atom stereocenters. The average molecular weight is 311 g/mol. The summed E-state index contributed by atoms with van der Waals surface area (Å²) in [5.41, 5.74) is 0.961. The van der Waals surface area contributed by atoms with E-state index < -0.39 is 0 Å². The van der Waals surface area contributed by atoms with Crippen LogP contribution in [0.15, 0.2) is 0 Å². The van der Waals surface area contributed by atoms with Crippen LogP contribution >= 0.6 is 11.3 Å². The van der Waals surface area contributed by atoms with Gasteiger partial charge in [-0.15, -0.1) is 11.3 Å². The van der Waals surface area contributed by atoms with Crippen molar-refractivity contribution in [1.29, 1.82) is 0 Å². The van der Waals surface area contributed by atoms with Crippen molar-refractivity contribution in [2.24, 2.45) is 0 Å². The lowest BCUT2D eigenvalue weighted by Crippen LogP contribution is -2.36. The fourth-order valence-electron chi connectivity index (χ4n) is 2.53. The van der Waals surface area contributed by atoms with Crippen LogP contribution in [0.5, 0.6) is 0 Å². The predicted molar refractivity (Wildman–Crippen MR) is 84.7 cm³/mol. The number of hydrogen-bond acceptors (Lipinski definition) is 4. The van der Waals surface area contributed by atoms with E-state index in [2.05, 4.69) is 15.6 Å². The molecule has 1 fully saturated rings. The topological polar surface area (TPSA) is 63.2 Å². The van der Waals surface area contributed by atoms with Crippen LogP contribution in [0.3, 0.4) is 0 Å². The first-order valence-corrected chi connectivity index (χ1v) is 8.53. The quantitative estimate of drug-likeness (QED) is 0.794. The zero-order valence-electron chi connectivity index (χ0n) is 12.9. The van der Waals surface area contributed by atoms with E-state index in [0.29, 0.717) is 19.2 Å². The van der Waals surface area contributed by atoms with E-state index in [0.717, 1.165) is 36.6 Å². The molecule has 5 nitrogen and oxygen atoms in total. The maximum Gasteiger partial charge on any atom is 0.315 e. The Morgan fingerprint density at radius 3 is 2.90 bits per heavy atom. The number of thiazole rings is 1. The molecule has 1 aromatic heterocycles. The molecule has 1 aliphatic rings. The maximum atomic E-state index is 11.7. The number of aryl methyl sites for hydroxylation is 2. The molecule has 1 atom stereocenters. The van der Waals surface area contributed by atoms with Crippen molar-refractivity contribution >= 4 is 17.4 Å². The number of carbonyl (C=O) groups excluding carboxylic acids is 1. The van der Waals surface area contributed by atoms with Gasteiger partial charge >= 0.3 is 6.03 Å². The van der Waals surface area contributed by atoms with Crippen LogP contribution in [0.4, 0.5) is 4.79 Å². The lowest BCUT2D eigenvalue weighted by Gasteiger charge is -2.22. The van der Waals surface area contributed by atoms with Crippen molar-refractivity contribution in [3.05, 3.63) is 15.6 Å². The number of amides is 2. The van der Waals surface area contributed by atoms with Gasteiger partial charge in [-0.05, 0) is 46.0 Å². The Morgan fingerprint density at radius 1 is 1.38 bits per heavy atom. The average Bonchev–Trinajstić information content (AvgIpc) is 2.80. The molecule has 1 aliphatic heterocycles. The Morgan fingerprint density at radius 2 is 2.24 bits per heavy atom. The van der Waals surface area contributed by atoms with Gasteiger partial charge < -0.3 is 15.4 Å². The van der Waals surface area contributed by atoms with E-state index in [-0.39, 0.29) is 6.03 Å². The van der Waals surface area contributed by atoms with Crippen molar-refractivity contribution in [3.8, 4) is 0 Å². The van der Waals surface area contributed by atoms with Gasteiger partial charge in [0.1, 0.15) is 0 Å². The van der Waals surface area contributed by atoms with Gasteiger partial charge in [0.15, 0.2) is 0 Å². The van der Waals surface area contributed by atoms with Gasteiger partial charge in [0.2, 0.25) is 0 Å². The number of ether oxygens (including phenoxy) is 1. The SMILES string of the molecule is Cc1nc(CNC(=O)NCCCC2CCCCO2)c(C)s1. The standard InChI is InChI=1S/C15H25N3O2S/c1-11-14(18-12(2)21-11)10-17-15(19)16-8-5-7-13-6-3-4-9-20-13/h13H,3-10H2,1-2H3,(H2,16,17,19). The largest absolute Gasteiger partial charge is 0.378 e. The Labute approximate surface area is 130 Å². The van der Waals surface area contributed by atoms with Gasteiger partial charge in [0.25, 0.3) is 0 Å². The van der Waals surface area contributed by atoms with Crippen LogP contribution in [0.25, 0.3) is 0 Å². The van der Waals surface area contributed by atoms with Gasteiger partial charge in [0.05, 0.1) is 23.4 Å².